The molecule has 0 amide bonds. The summed E-state index contributed by atoms with van der Waals surface area (Å²) >= 11 is -2.26. The zero-order valence-corrected chi connectivity index (χ0v) is 7.10. The number of carboxylic acids is 1. The van der Waals surface area contributed by atoms with Crippen LogP contribution in [-0.2, 0) is 15.9 Å². The number of carbonyl (C=O) groups is 1. The maximum absolute atomic E-state index is 9.50. The van der Waals surface area contributed by atoms with Gasteiger partial charge in [-0.15, -0.1) is 0 Å². The molecule has 1 N–H and O–H groups in total. The molecule has 0 aliphatic carbocycles. The van der Waals surface area contributed by atoms with Crippen LogP contribution in [0.1, 0.15) is 0 Å². The molecule has 1 atom stereocenters. The Morgan fingerprint density at radius 2 is 2.12 bits per heavy atom. The molecule has 0 saturated heterocycles. The van der Waals surface area contributed by atoms with Crippen LogP contribution in [0.3, 0.4) is 0 Å². The molecule has 0 saturated carbocycles. The topological polar surface area (TPSA) is 77.4 Å². The summed E-state index contributed by atoms with van der Waals surface area (Å²) < 4.78 is 17.3. The SMILES string of the molecule is O=C([O-])CS(=O)O.[Na+]. The standard InChI is InChI=1S/C2H4O4S.Na/c3-2(4)1-7(5)6;/h1H2,(H,3,4)(H,5,6);/q;+1/p-1. The van der Waals surface area contributed by atoms with Gasteiger partial charge in [0.25, 0.3) is 0 Å². The average molecular weight is 146 g/mol. The fraction of sp³-hybridized carbons (Fsp3) is 0.500. The second-order valence-electron chi connectivity index (χ2n) is 0.838. The molecule has 0 fully saturated rings. The molecule has 0 aliphatic rings. The largest absolute Gasteiger partial charge is 1.00 e. The van der Waals surface area contributed by atoms with Gasteiger partial charge in [0.05, 0.1) is 11.7 Å². The van der Waals surface area contributed by atoms with Crippen molar-refractivity contribution in [2.45, 2.75) is 0 Å². The van der Waals surface area contributed by atoms with Crippen LogP contribution in [0, 0.1) is 0 Å². The van der Waals surface area contributed by atoms with E-state index in [1.165, 1.54) is 0 Å². The fourth-order valence-corrected chi connectivity index (χ4v) is 0.302. The maximum Gasteiger partial charge on any atom is 1.00 e. The number of hydrogen-bond acceptors (Lipinski definition) is 3. The van der Waals surface area contributed by atoms with E-state index in [1.54, 1.807) is 0 Å². The van der Waals surface area contributed by atoms with E-state index in [4.69, 9.17) is 4.55 Å². The number of carbonyl (C=O) groups excluding carboxylic acids is 1. The Morgan fingerprint density at radius 1 is 1.75 bits per heavy atom. The van der Waals surface area contributed by atoms with Gasteiger partial charge in [-0.3, -0.25) is 0 Å². The summed E-state index contributed by atoms with van der Waals surface area (Å²) in [7, 11) is 0. The van der Waals surface area contributed by atoms with Gasteiger partial charge in [0, 0.05) is 0 Å². The zero-order valence-electron chi connectivity index (χ0n) is 4.29. The molecule has 0 rings (SSSR count). The third-order valence-corrected chi connectivity index (χ3v) is 0.724. The second-order valence-corrected chi connectivity index (χ2v) is 1.77. The van der Waals surface area contributed by atoms with Crippen molar-refractivity contribution in [3.05, 3.63) is 0 Å². The number of carboxylic acid groups (broad SMARTS) is 1. The van der Waals surface area contributed by atoms with Gasteiger partial charge < -0.3 is 14.5 Å². The van der Waals surface area contributed by atoms with Crippen molar-refractivity contribution in [2.24, 2.45) is 0 Å². The van der Waals surface area contributed by atoms with Gasteiger partial charge in [0.15, 0.2) is 11.1 Å². The first-order valence-electron chi connectivity index (χ1n) is 1.40. The minimum Gasteiger partial charge on any atom is -0.549 e. The quantitative estimate of drug-likeness (QED) is 0.312. The summed E-state index contributed by atoms with van der Waals surface area (Å²) in [6.07, 6.45) is 0. The van der Waals surface area contributed by atoms with E-state index < -0.39 is 22.8 Å². The summed E-state index contributed by atoms with van der Waals surface area (Å²) in [6.45, 7) is 0. The molecule has 1 unspecified atom stereocenters. The van der Waals surface area contributed by atoms with Crippen molar-refractivity contribution < 1.29 is 48.2 Å². The van der Waals surface area contributed by atoms with Crippen LogP contribution in [0.25, 0.3) is 0 Å². The van der Waals surface area contributed by atoms with Crippen LogP contribution in [-0.4, -0.2) is 20.5 Å². The molecule has 0 spiro atoms. The smallest absolute Gasteiger partial charge is 0.549 e. The van der Waals surface area contributed by atoms with Gasteiger partial charge in [-0.25, -0.2) is 4.21 Å². The number of hydrogen-bond donors (Lipinski definition) is 1. The van der Waals surface area contributed by atoms with Gasteiger partial charge in [-0.2, -0.15) is 0 Å². The van der Waals surface area contributed by atoms with Crippen LogP contribution in [0.2, 0.25) is 0 Å². The van der Waals surface area contributed by atoms with Gasteiger partial charge in [-0.05, 0) is 0 Å². The van der Waals surface area contributed by atoms with Crippen molar-refractivity contribution in [1.29, 1.82) is 0 Å². The summed E-state index contributed by atoms with van der Waals surface area (Å²) in [5, 5.41) is 9.35. The van der Waals surface area contributed by atoms with E-state index in [9.17, 15) is 14.1 Å². The van der Waals surface area contributed by atoms with Crippen molar-refractivity contribution in [1.82, 2.24) is 0 Å². The Hall–Kier alpha value is 0.580. The molecule has 0 aliphatic heterocycles. The van der Waals surface area contributed by atoms with Gasteiger partial charge in [-0.1, -0.05) is 0 Å². The van der Waals surface area contributed by atoms with E-state index in [0.29, 0.717) is 0 Å². The predicted octanol–water partition coefficient (Wildman–Crippen LogP) is -5.04. The normalized spacial score (nSPS) is 11.6. The molecule has 4 nitrogen and oxygen atoms in total. The van der Waals surface area contributed by atoms with Gasteiger partial charge >= 0.3 is 29.6 Å². The minimum absolute atomic E-state index is 0. The summed E-state index contributed by atoms with van der Waals surface area (Å²) in [5.74, 6) is -2.32. The van der Waals surface area contributed by atoms with E-state index in [1.807, 2.05) is 0 Å². The first-order valence-corrected chi connectivity index (χ1v) is 2.68. The maximum atomic E-state index is 9.50. The molecule has 0 aromatic carbocycles. The molecule has 0 aromatic rings. The Morgan fingerprint density at radius 3 is 2.12 bits per heavy atom. The zero-order chi connectivity index (χ0) is 5.86. The third-order valence-electron chi connectivity index (χ3n) is 0.241. The van der Waals surface area contributed by atoms with Crippen molar-refractivity contribution in [2.75, 3.05) is 5.75 Å². The molecular formula is C2H3NaO4S. The summed E-state index contributed by atoms with van der Waals surface area (Å²) in [6, 6.07) is 0. The van der Waals surface area contributed by atoms with Crippen LogP contribution in [0.15, 0.2) is 0 Å². The Kier molecular flexibility index (Phi) is 8.13. The van der Waals surface area contributed by atoms with Crippen molar-refractivity contribution in [3.8, 4) is 0 Å². The molecule has 42 valence electrons. The van der Waals surface area contributed by atoms with Crippen LogP contribution in [0.4, 0.5) is 0 Å². The fourth-order valence-electron chi connectivity index (χ4n) is 0.101. The van der Waals surface area contributed by atoms with E-state index in [-0.39, 0.29) is 29.6 Å². The van der Waals surface area contributed by atoms with E-state index in [2.05, 4.69) is 0 Å². The minimum atomic E-state index is -2.26. The first kappa shape index (κ1) is 11.4. The summed E-state index contributed by atoms with van der Waals surface area (Å²) in [4.78, 5) is 9.35. The van der Waals surface area contributed by atoms with Crippen LogP contribution in [0.5, 0.6) is 0 Å². The third kappa shape index (κ3) is 9.77. The molecule has 0 heterocycles. The monoisotopic (exact) mass is 146 g/mol. The van der Waals surface area contributed by atoms with Crippen LogP contribution >= 0.6 is 0 Å². The molecule has 0 radical (unpaired) electrons. The van der Waals surface area contributed by atoms with Crippen LogP contribution < -0.4 is 34.7 Å². The molecule has 0 aromatic heterocycles. The number of aliphatic carboxylic acids is 1. The summed E-state index contributed by atoms with van der Waals surface area (Å²) in [5.41, 5.74) is 0. The molecular weight excluding hydrogens is 143 g/mol. The average Bonchev–Trinajstić information content (AvgIpc) is 1.27. The Labute approximate surface area is 70.9 Å². The van der Waals surface area contributed by atoms with Crippen molar-refractivity contribution in [3.63, 3.8) is 0 Å². The van der Waals surface area contributed by atoms with Gasteiger partial charge in [0.2, 0.25) is 0 Å². The first-order chi connectivity index (χ1) is 3.13. The predicted molar refractivity (Wildman–Crippen MR) is 20.6 cm³/mol. The second kappa shape index (κ2) is 5.71. The Balaban J connectivity index is 0. The molecule has 0 bridgehead atoms. The van der Waals surface area contributed by atoms with Crippen molar-refractivity contribution >= 4 is 17.0 Å². The molecule has 6 heteroatoms. The number of rotatable bonds is 2. The van der Waals surface area contributed by atoms with E-state index in [0.717, 1.165) is 0 Å². The van der Waals surface area contributed by atoms with E-state index >= 15 is 0 Å². The van der Waals surface area contributed by atoms with Gasteiger partial charge in [0.1, 0.15) is 0 Å². The Bertz CT molecular complexity index is 90.2. The molecule has 8 heavy (non-hydrogen) atoms.